The smallest absolute Gasteiger partial charge is 0.338 e. The molecule has 4 N–H and O–H groups in total. The van der Waals surface area contributed by atoms with Crippen molar-refractivity contribution >= 4 is 88.1 Å². The molecular formula is C43H36Cl5N3O7. The van der Waals surface area contributed by atoms with Crippen molar-refractivity contribution in [2.24, 2.45) is 11.7 Å². The average molecular weight is 884 g/mol. The van der Waals surface area contributed by atoms with Crippen molar-refractivity contribution in [3.63, 3.8) is 0 Å². The van der Waals surface area contributed by atoms with E-state index in [4.69, 9.17) is 63.7 Å². The number of nitrogens with one attached hydrogen (secondary N) is 1. The molecule has 15 heteroatoms. The molecule has 1 saturated heterocycles. The highest BCUT2D eigenvalue weighted by atomic mass is 35.5. The molecule has 58 heavy (non-hydrogen) atoms. The van der Waals surface area contributed by atoms with Gasteiger partial charge in [0.1, 0.15) is 6.29 Å². The van der Waals surface area contributed by atoms with Gasteiger partial charge in [0.05, 0.1) is 12.1 Å². The van der Waals surface area contributed by atoms with E-state index in [0.29, 0.717) is 38.7 Å². The first kappa shape index (κ1) is 45.7. The summed E-state index contributed by atoms with van der Waals surface area (Å²) in [5.74, 6) is -3.99. The van der Waals surface area contributed by atoms with Gasteiger partial charge in [0.25, 0.3) is 0 Å². The molecule has 0 spiro atoms. The molecule has 0 radical (unpaired) electrons. The Morgan fingerprint density at radius 1 is 0.655 bits per heavy atom. The highest BCUT2D eigenvalue weighted by molar-refractivity contribution is 6.31. The fourth-order valence-electron chi connectivity index (χ4n) is 5.65. The summed E-state index contributed by atoms with van der Waals surface area (Å²) in [5, 5.41) is 16.5. The van der Waals surface area contributed by atoms with Gasteiger partial charge in [-0.1, -0.05) is 119 Å². The number of amides is 1. The van der Waals surface area contributed by atoms with Crippen LogP contribution in [0.2, 0.25) is 25.1 Å². The minimum Gasteiger partial charge on any atom is -0.481 e. The number of carbonyl (C=O) groups excluding carboxylic acids is 4. The van der Waals surface area contributed by atoms with Crippen LogP contribution in [0.4, 0.5) is 0 Å². The molecule has 2 heterocycles. The second-order valence-corrected chi connectivity index (χ2v) is 14.7. The molecule has 0 bridgehead atoms. The number of likely N-dealkylation sites (tertiary alicyclic amines) is 1. The van der Waals surface area contributed by atoms with E-state index < -0.39 is 41.8 Å². The molecule has 5 aromatic rings. The van der Waals surface area contributed by atoms with Crippen molar-refractivity contribution in [1.82, 2.24) is 10.2 Å². The predicted octanol–water partition coefficient (Wildman–Crippen LogP) is 9.17. The van der Waals surface area contributed by atoms with E-state index in [9.17, 15) is 29.1 Å². The zero-order valence-electron chi connectivity index (χ0n) is 30.4. The van der Waals surface area contributed by atoms with Gasteiger partial charge in [-0.2, -0.15) is 0 Å². The number of aldehydes is 1. The predicted molar refractivity (Wildman–Crippen MR) is 226 cm³/mol. The monoisotopic (exact) mass is 881 g/mol. The average Bonchev–Trinajstić information content (AvgIpc) is 3.74. The van der Waals surface area contributed by atoms with Gasteiger partial charge in [-0.3, -0.25) is 14.4 Å². The Morgan fingerprint density at radius 3 is 1.47 bits per heavy atom. The summed E-state index contributed by atoms with van der Waals surface area (Å²) in [6.07, 6.45) is 2.96. The molecule has 2 aliphatic rings. The number of cyclic esters (lactones) is 2. The first-order valence-corrected chi connectivity index (χ1v) is 19.3. The van der Waals surface area contributed by atoms with Crippen molar-refractivity contribution in [1.29, 1.82) is 0 Å². The number of benzene rings is 5. The molecule has 2 aliphatic heterocycles. The van der Waals surface area contributed by atoms with Gasteiger partial charge in [0.2, 0.25) is 5.91 Å². The number of ether oxygens (including phenoxy) is 1. The third kappa shape index (κ3) is 14.1. The molecule has 3 atom stereocenters. The Kier molecular flexibility index (Phi) is 17.9. The second-order valence-electron chi connectivity index (χ2n) is 12.5. The molecule has 0 aliphatic carbocycles. The Morgan fingerprint density at radius 2 is 1.07 bits per heavy atom. The summed E-state index contributed by atoms with van der Waals surface area (Å²) in [7, 11) is 0. The number of nitrogens with two attached hydrogens (primary N) is 1. The summed E-state index contributed by atoms with van der Waals surface area (Å²) in [4.78, 5) is 57.1. The van der Waals surface area contributed by atoms with Gasteiger partial charge >= 0.3 is 17.9 Å². The normalized spacial score (nSPS) is 16.6. The summed E-state index contributed by atoms with van der Waals surface area (Å²) in [6, 6.07) is 34.7. The summed E-state index contributed by atoms with van der Waals surface area (Å²) < 4.78 is 3.97. The topological polar surface area (TPSA) is 156 Å². The Bertz CT molecular complexity index is 2170. The maximum absolute atomic E-state index is 13.4. The fraction of sp³-hybridized carbons (Fsp3) is 0.140. The van der Waals surface area contributed by atoms with Gasteiger partial charge in [-0.05, 0) is 82.9 Å². The molecule has 1 fully saturated rings. The van der Waals surface area contributed by atoms with E-state index in [1.807, 2.05) is 60.7 Å². The SMILES string of the molecule is NCc1ccc(Cl)cc1.O=C(O)C1C(=O)N(Cc2ccc(Cl)cc2)C(c2ccc(Cl)cc2)C1NCc1ccc(Cl)cc1.O=C1C=CC(=O)O1.O=Cc1ccc(Cl)cc1. The summed E-state index contributed by atoms with van der Waals surface area (Å²) in [5.41, 5.74) is 9.71. The number of carbonyl (C=O) groups is 5. The largest absolute Gasteiger partial charge is 0.481 e. The van der Waals surface area contributed by atoms with Crippen LogP contribution in [0.3, 0.4) is 0 Å². The molecule has 5 aromatic carbocycles. The first-order valence-electron chi connectivity index (χ1n) is 17.4. The van der Waals surface area contributed by atoms with Gasteiger partial charge in [0.15, 0.2) is 5.92 Å². The lowest BCUT2D eigenvalue weighted by molar-refractivity contribution is -0.151. The quantitative estimate of drug-likeness (QED) is 0.0747. The van der Waals surface area contributed by atoms with Crippen LogP contribution < -0.4 is 11.1 Å². The number of aliphatic carboxylic acids is 1. The molecule has 1 amide bonds. The van der Waals surface area contributed by atoms with Crippen molar-refractivity contribution in [3.05, 3.63) is 186 Å². The van der Waals surface area contributed by atoms with Crippen LogP contribution in [0.25, 0.3) is 0 Å². The maximum atomic E-state index is 13.4. The minimum atomic E-state index is -1.23. The van der Waals surface area contributed by atoms with Gasteiger partial charge in [-0.15, -0.1) is 0 Å². The Hall–Kier alpha value is -5.04. The molecule has 300 valence electrons. The van der Waals surface area contributed by atoms with Crippen LogP contribution in [0.15, 0.2) is 133 Å². The third-order valence-electron chi connectivity index (χ3n) is 8.49. The number of hydrogen-bond donors (Lipinski definition) is 3. The molecule has 0 saturated carbocycles. The van der Waals surface area contributed by atoms with Crippen LogP contribution in [-0.4, -0.2) is 46.1 Å². The van der Waals surface area contributed by atoms with E-state index in [-0.39, 0.29) is 6.54 Å². The van der Waals surface area contributed by atoms with Crippen LogP contribution in [0, 0.1) is 5.92 Å². The van der Waals surface area contributed by atoms with E-state index in [0.717, 1.165) is 45.7 Å². The van der Waals surface area contributed by atoms with Crippen molar-refractivity contribution < 1.29 is 33.8 Å². The number of esters is 2. The number of hydrogen-bond acceptors (Lipinski definition) is 8. The van der Waals surface area contributed by atoms with Gasteiger partial charge in [0, 0.05) is 62.5 Å². The third-order valence-corrected chi connectivity index (χ3v) is 9.75. The number of rotatable bonds is 9. The second kappa shape index (κ2) is 22.8. The first-order chi connectivity index (χ1) is 27.8. The van der Waals surface area contributed by atoms with Crippen molar-refractivity contribution in [2.45, 2.75) is 31.7 Å². The van der Waals surface area contributed by atoms with Crippen LogP contribution in [0.1, 0.15) is 38.7 Å². The Balaban J connectivity index is 0.000000237. The summed E-state index contributed by atoms with van der Waals surface area (Å²) in [6.45, 7) is 1.22. The molecule has 0 aromatic heterocycles. The molecular weight excluding hydrogens is 848 g/mol. The lowest BCUT2D eigenvalue weighted by Gasteiger charge is -2.29. The van der Waals surface area contributed by atoms with Crippen LogP contribution >= 0.6 is 58.0 Å². The lowest BCUT2D eigenvalue weighted by atomic mass is 9.93. The maximum Gasteiger partial charge on any atom is 0.338 e. The van der Waals surface area contributed by atoms with E-state index in [2.05, 4.69) is 10.1 Å². The highest BCUT2D eigenvalue weighted by Crippen LogP contribution is 2.39. The summed E-state index contributed by atoms with van der Waals surface area (Å²) >= 11 is 29.2. The van der Waals surface area contributed by atoms with Crippen molar-refractivity contribution in [2.75, 3.05) is 0 Å². The number of carboxylic acids is 1. The standard InChI is InChI=1S/C25H21Cl3N2O3.C7H8ClN.C7H5ClO.C4H2O3/c26-18-7-1-15(2-8-18)13-29-22-21(25(32)33)24(31)30(14-16-3-9-19(27)10-4-16)23(22)17-5-11-20(28)12-6-17;2*8-7-3-1-6(5-9)2-4-7;5-3-1-2-4(6)7-3/h1-12,21-23,29H,13-14H2,(H,32,33);1-4H,5,9H2;1-5H;1-2H. The molecule has 10 nitrogen and oxygen atoms in total. The highest BCUT2D eigenvalue weighted by Gasteiger charge is 2.52. The minimum absolute atomic E-state index is 0.256. The van der Waals surface area contributed by atoms with E-state index in [1.54, 1.807) is 65.6 Å². The van der Waals surface area contributed by atoms with Crippen LogP contribution in [-0.2, 0) is 43.5 Å². The fourth-order valence-corrected chi connectivity index (χ4v) is 6.28. The van der Waals surface area contributed by atoms with E-state index >= 15 is 0 Å². The van der Waals surface area contributed by atoms with Crippen LogP contribution in [0.5, 0.6) is 0 Å². The molecule has 3 unspecified atom stereocenters. The number of nitrogens with zero attached hydrogens (tertiary/aromatic N) is 1. The molecule has 7 rings (SSSR count). The lowest BCUT2D eigenvalue weighted by Crippen LogP contribution is -2.41. The van der Waals surface area contributed by atoms with Crippen molar-refractivity contribution in [3.8, 4) is 0 Å². The van der Waals surface area contributed by atoms with Gasteiger partial charge in [-0.25, -0.2) is 9.59 Å². The number of carboxylic acid groups (broad SMARTS) is 1. The van der Waals surface area contributed by atoms with E-state index in [1.165, 1.54) is 0 Å². The Labute approximate surface area is 360 Å². The zero-order chi connectivity index (χ0) is 42.2. The number of halogens is 5. The zero-order valence-corrected chi connectivity index (χ0v) is 34.2. The van der Waals surface area contributed by atoms with Gasteiger partial charge < -0.3 is 25.8 Å².